The molecule has 0 aliphatic heterocycles. The van der Waals surface area contributed by atoms with Crippen molar-refractivity contribution in [2.24, 2.45) is 0 Å². The molecule has 9 nitrogen and oxygen atoms in total. The molecule has 4 rings (SSSR count). The van der Waals surface area contributed by atoms with Crippen LogP contribution in [-0.2, 0) is 6.54 Å². The van der Waals surface area contributed by atoms with E-state index < -0.39 is 11.0 Å². The highest BCUT2D eigenvalue weighted by Crippen LogP contribution is 2.20. The van der Waals surface area contributed by atoms with Gasteiger partial charge in [0.2, 0.25) is 0 Å². The van der Waals surface area contributed by atoms with Crippen molar-refractivity contribution >= 4 is 39.8 Å². The molecule has 0 saturated carbocycles. The summed E-state index contributed by atoms with van der Waals surface area (Å²) in [7, 11) is 0. The smallest absolute Gasteiger partial charge is 0.323 e. The number of para-hydroxylation sites is 1. The van der Waals surface area contributed by atoms with Crippen molar-refractivity contribution < 1.29 is 9.72 Å². The molecule has 3 aromatic carbocycles. The number of nitro groups is 1. The molecule has 0 aliphatic carbocycles. The summed E-state index contributed by atoms with van der Waals surface area (Å²) in [5.74, 6) is 0.736. The standard InChI is InChI=1S/C22H18N6O3/c29-22(26-16-8-10-18(11-9-16)28(30)31)27-17-5-3-4-15(12-17)13-23-21-19-6-1-2-7-20(19)24-14-25-21/h1-12,14H,13H2,(H,23,24,25)(H2,26,27,29). The number of carbonyl (C=O) groups is 1. The number of hydrogen-bond donors (Lipinski definition) is 3. The molecule has 0 radical (unpaired) electrons. The first-order valence-electron chi connectivity index (χ1n) is 9.43. The maximum Gasteiger partial charge on any atom is 0.323 e. The van der Waals surface area contributed by atoms with Crippen LogP contribution in [0, 0.1) is 10.1 Å². The Morgan fingerprint density at radius 3 is 2.48 bits per heavy atom. The second-order valence-corrected chi connectivity index (χ2v) is 6.68. The summed E-state index contributed by atoms with van der Waals surface area (Å²) in [4.78, 5) is 31.0. The number of carbonyl (C=O) groups excluding carboxylic acids is 1. The van der Waals surface area contributed by atoms with Crippen LogP contribution in [-0.4, -0.2) is 20.9 Å². The van der Waals surface area contributed by atoms with Crippen LogP contribution < -0.4 is 16.0 Å². The van der Waals surface area contributed by atoms with Crippen molar-refractivity contribution in [1.29, 1.82) is 0 Å². The van der Waals surface area contributed by atoms with Gasteiger partial charge in [-0.3, -0.25) is 10.1 Å². The Hall–Kier alpha value is -4.53. The minimum absolute atomic E-state index is 0.0392. The lowest BCUT2D eigenvalue weighted by molar-refractivity contribution is -0.384. The molecule has 1 aromatic heterocycles. The van der Waals surface area contributed by atoms with E-state index in [4.69, 9.17) is 0 Å². The van der Waals surface area contributed by atoms with Gasteiger partial charge in [-0.25, -0.2) is 14.8 Å². The zero-order chi connectivity index (χ0) is 21.6. The summed E-state index contributed by atoms with van der Waals surface area (Å²) in [6.07, 6.45) is 1.52. The Labute approximate surface area is 177 Å². The van der Waals surface area contributed by atoms with Crippen LogP contribution in [0.15, 0.2) is 79.1 Å². The molecular formula is C22H18N6O3. The molecular weight excluding hydrogens is 396 g/mol. The number of hydrogen-bond acceptors (Lipinski definition) is 6. The molecule has 154 valence electrons. The summed E-state index contributed by atoms with van der Waals surface area (Å²) in [6, 6.07) is 20.3. The highest BCUT2D eigenvalue weighted by Gasteiger charge is 2.08. The van der Waals surface area contributed by atoms with Gasteiger partial charge in [0.15, 0.2) is 0 Å². The number of fused-ring (bicyclic) bond motifs is 1. The number of nitrogens with zero attached hydrogens (tertiary/aromatic N) is 3. The van der Waals surface area contributed by atoms with Gasteiger partial charge in [-0.15, -0.1) is 0 Å². The molecule has 1 heterocycles. The largest absolute Gasteiger partial charge is 0.365 e. The normalized spacial score (nSPS) is 10.5. The van der Waals surface area contributed by atoms with Crippen LogP contribution in [0.5, 0.6) is 0 Å². The lowest BCUT2D eigenvalue weighted by Gasteiger charge is -2.11. The van der Waals surface area contributed by atoms with E-state index >= 15 is 0 Å². The highest BCUT2D eigenvalue weighted by atomic mass is 16.6. The first-order valence-corrected chi connectivity index (χ1v) is 9.43. The molecule has 0 atom stereocenters. The van der Waals surface area contributed by atoms with Crippen molar-refractivity contribution in [3.8, 4) is 0 Å². The van der Waals surface area contributed by atoms with Gasteiger partial charge >= 0.3 is 6.03 Å². The second kappa shape index (κ2) is 8.87. The summed E-state index contributed by atoms with van der Waals surface area (Å²) in [5, 5.41) is 20.4. The van der Waals surface area contributed by atoms with Gasteiger partial charge in [0.05, 0.1) is 10.4 Å². The predicted octanol–water partition coefficient (Wildman–Crippen LogP) is 4.79. The van der Waals surface area contributed by atoms with Crippen LogP contribution in [0.4, 0.5) is 27.7 Å². The third-order valence-corrected chi connectivity index (χ3v) is 4.52. The number of nitro benzene ring substituents is 1. The number of benzene rings is 3. The third kappa shape index (κ3) is 4.91. The lowest BCUT2D eigenvalue weighted by Crippen LogP contribution is -2.19. The molecule has 0 bridgehead atoms. The van der Waals surface area contributed by atoms with Gasteiger partial charge < -0.3 is 16.0 Å². The van der Waals surface area contributed by atoms with Gasteiger partial charge in [0, 0.05) is 35.4 Å². The Kier molecular flexibility index (Phi) is 5.66. The van der Waals surface area contributed by atoms with E-state index in [0.29, 0.717) is 17.9 Å². The van der Waals surface area contributed by atoms with E-state index in [1.165, 1.54) is 30.6 Å². The van der Waals surface area contributed by atoms with E-state index in [-0.39, 0.29) is 5.69 Å². The second-order valence-electron chi connectivity index (χ2n) is 6.68. The molecule has 3 N–H and O–H groups in total. The summed E-state index contributed by atoms with van der Waals surface area (Å²) in [6.45, 7) is 0.514. The summed E-state index contributed by atoms with van der Waals surface area (Å²) in [5.41, 5.74) is 2.85. The van der Waals surface area contributed by atoms with Crippen LogP contribution in [0.1, 0.15) is 5.56 Å². The Morgan fingerprint density at radius 1 is 0.903 bits per heavy atom. The third-order valence-electron chi connectivity index (χ3n) is 4.52. The molecule has 2 amide bonds. The van der Waals surface area contributed by atoms with Gasteiger partial charge in [-0.05, 0) is 42.0 Å². The topological polar surface area (TPSA) is 122 Å². The van der Waals surface area contributed by atoms with Gasteiger partial charge in [-0.2, -0.15) is 0 Å². The van der Waals surface area contributed by atoms with Crippen LogP contribution >= 0.6 is 0 Å². The van der Waals surface area contributed by atoms with Crippen molar-refractivity contribution in [1.82, 2.24) is 9.97 Å². The average Bonchev–Trinajstić information content (AvgIpc) is 2.78. The molecule has 0 aliphatic rings. The predicted molar refractivity (Wildman–Crippen MR) is 119 cm³/mol. The van der Waals surface area contributed by atoms with E-state index in [1.54, 1.807) is 6.07 Å². The molecule has 0 saturated heterocycles. The zero-order valence-electron chi connectivity index (χ0n) is 16.3. The minimum atomic E-state index is -0.492. The number of non-ortho nitro benzene ring substituents is 1. The number of amides is 2. The number of nitrogens with one attached hydrogen (secondary N) is 3. The highest BCUT2D eigenvalue weighted by molar-refractivity contribution is 5.99. The van der Waals surface area contributed by atoms with E-state index in [0.717, 1.165) is 22.3 Å². The van der Waals surface area contributed by atoms with E-state index in [1.807, 2.05) is 42.5 Å². The molecule has 0 fully saturated rings. The lowest BCUT2D eigenvalue weighted by atomic mass is 10.2. The number of aromatic nitrogens is 2. The fourth-order valence-electron chi connectivity index (χ4n) is 3.05. The van der Waals surface area contributed by atoms with Crippen LogP contribution in [0.2, 0.25) is 0 Å². The molecule has 9 heteroatoms. The number of anilines is 3. The van der Waals surface area contributed by atoms with Crippen molar-refractivity contribution in [2.75, 3.05) is 16.0 Å². The number of rotatable bonds is 6. The van der Waals surface area contributed by atoms with Crippen molar-refractivity contribution in [3.63, 3.8) is 0 Å². The van der Waals surface area contributed by atoms with Gasteiger partial charge in [0.1, 0.15) is 12.1 Å². The first kappa shape index (κ1) is 19.8. The quantitative estimate of drug-likeness (QED) is 0.308. The van der Waals surface area contributed by atoms with E-state index in [2.05, 4.69) is 25.9 Å². The SMILES string of the molecule is O=C(Nc1ccc([N+](=O)[O-])cc1)Nc1cccc(CNc2ncnc3ccccc23)c1. The minimum Gasteiger partial charge on any atom is -0.365 e. The summed E-state index contributed by atoms with van der Waals surface area (Å²) >= 11 is 0. The average molecular weight is 414 g/mol. The zero-order valence-corrected chi connectivity index (χ0v) is 16.3. The fraction of sp³-hybridized carbons (Fsp3) is 0.0455. The summed E-state index contributed by atoms with van der Waals surface area (Å²) < 4.78 is 0. The molecule has 4 aromatic rings. The van der Waals surface area contributed by atoms with Crippen LogP contribution in [0.25, 0.3) is 10.9 Å². The molecule has 0 spiro atoms. The maximum atomic E-state index is 12.2. The van der Waals surface area contributed by atoms with Gasteiger partial charge in [-0.1, -0.05) is 24.3 Å². The fourth-order valence-corrected chi connectivity index (χ4v) is 3.05. The maximum absolute atomic E-state index is 12.2. The molecule has 0 unspecified atom stereocenters. The van der Waals surface area contributed by atoms with Crippen LogP contribution in [0.3, 0.4) is 0 Å². The van der Waals surface area contributed by atoms with Crippen molar-refractivity contribution in [3.05, 3.63) is 94.8 Å². The van der Waals surface area contributed by atoms with Gasteiger partial charge in [0.25, 0.3) is 5.69 Å². The van der Waals surface area contributed by atoms with E-state index in [9.17, 15) is 14.9 Å². The molecule has 31 heavy (non-hydrogen) atoms. The monoisotopic (exact) mass is 414 g/mol. The Morgan fingerprint density at radius 2 is 1.68 bits per heavy atom. The van der Waals surface area contributed by atoms with Crippen molar-refractivity contribution in [2.45, 2.75) is 6.54 Å². The Balaban J connectivity index is 1.38. The Bertz CT molecular complexity index is 1240. The number of urea groups is 1. The first-order chi connectivity index (χ1) is 15.1.